The summed E-state index contributed by atoms with van der Waals surface area (Å²) in [6.07, 6.45) is 0.738. The average Bonchev–Trinajstić information content (AvgIpc) is 2.88. The first-order valence-electron chi connectivity index (χ1n) is 5.86. The molecule has 1 aromatic rings. The summed E-state index contributed by atoms with van der Waals surface area (Å²) < 4.78 is 39.2. The maximum atomic E-state index is 13.2. The number of nitrogens with one attached hydrogen (secondary N) is 1. The van der Waals surface area contributed by atoms with Crippen LogP contribution in [0.5, 0.6) is 0 Å². The number of hydrogen-bond acceptors (Lipinski definition) is 4. The molecule has 19 heavy (non-hydrogen) atoms. The highest BCUT2D eigenvalue weighted by Crippen LogP contribution is 2.22. The van der Waals surface area contributed by atoms with E-state index in [0.717, 1.165) is 18.6 Å². The summed E-state index contributed by atoms with van der Waals surface area (Å²) in [7, 11) is -1.87. The molecule has 1 fully saturated rings. The lowest BCUT2D eigenvalue weighted by molar-refractivity contribution is 0.464. The number of rotatable bonds is 3. The van der Waals surface area contributed by atoms with Gasteiger partial charge in [0.25, 0.3) is 0 Å². The number of halogens is 1. The van der Waals surface area contributed by atoms with Crippen LogP contribution in [0.2, 0.25) is 0 Å². The Hall–Kier alpha value is -1.49. The Morgan fingerprint density at radius 3 is 2.84 bits per heavy atom. The van der Waals surface area contributed by atoms with E-state index < -0.39 is 15.8 Å². The molecule has 1 aliphatic heterocycles. The van der Waals surface area contributed by atoms with Crippen molar-refractivity contribution in [3.8, 4) is 6.07 Å². The van der Waals surface area contributed by atoms with Crippen LogP contribution < -0.4 is 5.32 Å². The number of sulfonamides is 1. The van der Waals surface area contributed by atoms with E-state index in [0.29, 0.717) is 13.1 Å². The van der Waals surface area contributed by atoms with Crippen LogP contribution in [0, 0.1) is 17.1 Å². The van der Waals surface area contributed by atoms with E-state index in [1.54, 1.807) is 13.1 Å². The molecule has 0 saturated carbocycles. The molecular weight excluding hydrogens is 269 g/mol. The van der Waals surface area contributed by atoms with Gasteiger partial charge in [-0.2, -0.15) is 9.57 Å². The van der Waals surface area contributed by atoms with E-state index in [2.05, 4.69) is 5.32 Å². The smallest absolute Gasteiger partial charge is 0.243 e. The first-order valence-corrected chi connectivity index (χ1v) is 7.30. The molecule has 1 aliphatic rings. The van der Waals surface area contributed by atoms with Crippen molar-refractivity contribution in [2.45, 2.75) is 17.4 Å². The van der Waals surface area contributed by atoms with E-state index in [1.165, 1.54) is 10.4 Å². The van der Waals surface area contributed by atoms with Gasteiger partial charge in [-0.15, -0.1) is 0 Å². The summed E-state index contributed by atoms with van der Waals surface area (Å²) in [5.74, 6) is -0.712. The predicted octanol–water partition coefficient (Wildman–Crippen LogP) is 0.680. The highest BCUT2D eigenvalue weighted by Gasteiger charge is 2.32. The number of likely N-dealkylation sites (N-methyl/N-ethyl adjacent to an activating group) is 1. The lowest BCUT2D eigenvalue weighted by atomic mass is 10.2. The number of hydrogen-bond donors (Lipinski definition) is 1. The number of nitriles is 1. The summed E-state index contributed by atoms with van der Waals surface area (Å²) in [5, 5.41) is 11.8. The molecule has 0 aliphatic carbocycles. The third kappa shape index (κ3) is 2.61. The molecule has 1 atom stereocenters. The Balaban J connectivity index is 2.33. The van der Waals surface area contributed by atoms with Crippen LogP contribution in [0.4, 0.5) is 4.39 Å². The maximum absolute atomic E-state index is 13.2. The normalized spacial score (nSPS) is 20.4. The van der Waals surface area contributed by atoms with Crippen LogP contribution in [0.15, 0.2) is 23.1 Å². The van der Waals surface area contributed by atoms with E-state index in [4.69, 9.17) is 5.26 Å². The summed E-state index contributed by atoms with van der Waals surface area (Å²) in [4.78, 5) is -0.0396. The third-order valence-corrected chi connectivity index (χ3v) is 5.12. The first-order chi connectivity index (χ1) is 8.98. The van der Waals surface area contributed by atoms with Crippen LogP contribution in [-0.2, 0) is 10.0 Å². The monoisotopic (exact) mass is 283 g/mol. The minimum absolute atomic E-state index is 0.0396. The van der Waals surface area contributed by atoms with Gasteiger partial charge in [0.2, 0.25) is 10.0 Å². The minimum atomic E-state index is -3.66. The van der Waals surface area contributed by atoms with Gasteiger partial charge in [0.1, 0.15) is 11.9 Å². The number of benzene rings is 1. The summed E-state index contributed by atoms with van der Waals surface area (Å²) in [6.45, 7) is 0.811. The van der Waals surface area contributed by atoms with Crippen LogP contribution >= 0.6 is 0 Å². The van der Waals surface area contributed by atoms with Crippen molar-refractivity contribution in [3.05, 3.63) is 29.6 Å². The zero-order valence-electron chi connectivity index (χ0n) is 10.4. The van der Waals surface area contributed by atoms with Gasteiger partial charge in [0.15, 0.2) is 0 Å². The topological polar surface area (TPSA) is 73.2 Å². The summed E-state index contributed by atoms with van der Waals surface area (Å²) in [5.41, 5.74) is -0.259. The molecule has 0 bridgehead atoms. The molecule has 1 unspecified atom stereocenters. The lowest BCUT2D eigenvalue weighted by Gasteiger charge is -2.16. The van der Waals surface area contributed by atoms with Crippen molar-refractivity contribution in [3.63, 3.8) is 0 Å². The highest BCUT2D eigenvalue weighted by molar-refractivity contribution is 7.89. The molecule has 5 nitrogen and oxygen atoms in total. The second-order valence-corrected chi connectivity index (χ2v) is 6.33. The van der Waals surface area contributed by atoms with Gasteiger partial charge in [-0.1, -0.05) is 0 Å². The quantitative estimate of drug-likeness (QED) is 0.885. The molecular formula is C12H14FN3O2S. The molecule has 0 spiro atoms. The van der Waals surface area contributed by atoms with E-state index in [-0.39, 0.29) is 16.5 Å². The molecule has 0 radical (unpaired) electrons. The lowest BCUT2D eigenvalue weighted by Crippen LogP contribution is -2.33. The molecule has 0 amide bonds. The van der Waals surface area contributed by atoms with Crippen molar-refractivity contribution < 1.29 is 12.8 Å². The Morgan fingerprint density at radius 1 is 1.53 bits per heavy atom. The summed E-state index contributed by atoms with van der Waals surface area (Å²) in [6, 6.07) is 5.06. The fraction of sp³-hybridized carbons (Fsp3) is 0.417. The second kappa shape index (κ2) is 5.25. The standard InChI is InChI=1S/C12H14FN3O2S/c1-15-10-4-5-16(8-10)19(17,18)11-2-3-12(13)9(6-11)7-14/h2-3,6,10,15H,4-5,8H2,1H3. The fourth-order valence-electron chi connectivity index (χ4n) is 2.08. The molecule has 7 heteroatoms. The zero-order valence-corrected chi connectivity index (χ0v) is 11.2. The predicted molar refractivity (Wildman–Crippen MR) is 67.3 cm³/mol. The van der Waals surface area contributed by atoms with Gasteiger partial charge in [-0.3, -0.25) is 0 Å². The van der Waals surface area contributed by atoms with Gasteiger partial charge in [0.05, 0.1) is 10.5 Å². The fourth-order valence-corrected chi connectivity index (χ4v) is 3.61. The summed E-state index contributed by atoms with van der Waals surface area (Å²) >= 11 is 0. The SMILES string of the molecule is CNC1CCN(S(=O)(=O)c2ccc(F)c(C#N)c2)C1. The molecule has 1 aromatic carbocycles. The van der Waals surface area contributed by atoms with Crippen molar-refractivity contribution >= 4 is 10.0 Å². The molecule has 1 heterocycles. The second-order valence-electron chi connectivity index (χ2n) is 4.39. The van der Waals surface area contributed by atoms with Gasteiger partial charge < -0.3 is 5.32 Å². The van der Waals surface area contributed by atoms with Crippen molar-refractivity contribution in [2.75, 3.05) is 20.1 Å². The van der Waals surface area contributed by atoms with E-state index in [1.807, 2.05) is 0 Å². The third-order valence-electron chi connectivity index (χ3n) is 3.26. The highest BCUT2D eigenvalue weighted by atomic mass is 32.2. The largest absolute Gasteiger partial charge is 0.316 e. The first kappa shape index (κ1) is 13.9. The van der Waals surface area contributed by atoms with Crippen LogP contribution in [0.3, 0.4) is 0 Å². The Kier molecular flexibility index (Phi) is 3.85. The minimum Gasteiger partial charge on any atom is -0.316 e. The van der Waals surface area contributed by atoms with Crippen LogP contribution in [-0.4, -0.2) is 38.9 Å². The zero-order chi connectivity index (χ0) is 14.0. The number of nitrogens with zero attached hydrogens (tertiary/aromatic N) is 2. The van der Waals surface area contributed by atoms with E-state index in [9.17, 15) is 12.8 Å². The Bertz CT molecular complexity index is 624. The molecule has 1 N–H and O–H groups in total. The van der Waals surface area contributed by atoms with Gasteiger partial charge in [0, 0.05) is 19.1 Å². The molecule has 0 aromatic heterocycles. The molecule has 102 valence electrons. The van der Waals surface area contributed by atoms with Crippen LogP contribution in [0.1, 0.15) is 12.0 Å². The Labute approximate surface area is 111 Å². The van der Waals surface area contributed by atoms with Gasteiger partial charge >= 0.3 is 0 Å². The Morgan fingerprint density at radius 2 is 2.26 bits per heavy atom. The van der Waals surface area contributed by atoms with E-state index >= 15 is 0 Å². The van der Waals surface area contributed by atoms with Gasteiger partial charge in [-0.05, 0) is 31.7 Å². The van der Waals surface area contributed by atoms with Crippen molar-refractivity contribution in [1.29, 1.82) is 5.26 Å². The van der Waals surface area contributed by atoms with Gasteiger partial charge in [-0.25, -0.2) is 12.8 Å². The van der Waals surface area contributed by atoms with Crippen LogP contribution in [0.25, 0.3) is 0 Å². The van der Waals surface area contributed by atoms with Crippen molar-refractivity contribution in [1.82, 2.24) is 9.62 Å². The molecule has 2 rings (SSSR count). The average molecular weight is 283 g/mol. The maximum Gasteiger partial charge on any atom is 0.243 e. The van der Waals surface area contributed by atoms with Crippen molar-refractivity contribution in [2.24, 2.45) is 0 Å². The molecule has 1 saturated heterocycles.